The highest BCUT2D eigenvalue weighted by atomic mass is 16.5. The van der Waals surface area contributed by atoms with Crippen LogP contribution in [-0.2, 0) is 15.2 Å². The first-order valence-electron chi connectivity index (χ1n) is 7.05. The van der Waals surface area contributed by atoms with Gasteiger partial charge < -0.3 is 15.6 Å². The molecule has 0 unspecified atom stereocenters. The standard InChI is InChI=1S/C13H20N6O4/c1-7(2)13(11(21)22,16-4-5-23-3)19-6-15-8-9(19)17-12(14)18-10(8)20/h6-7,16H,4-5H2,1-3H3,(H,21,22)(H3,14,17,18,20)/t13-/m1/s1. The summed E-state index contributed by atoms with van der Waals surface area (Å²) in [4.78, 5) is 34.3. The third-order valence-corrected chi connectivity index (χ3v) is 3.67. The lowest BCUT2D eigenvalue weighted by Gasteiger charge is -2.35. The van der Waals surface area contributed by atoms with E-state index in [1.807, 2.05) is 0 Å². The van der Waals surface area contributed by atoms with Gasteiger partial charge in [-0.25, -0.2) is 9.78 Å². The molecule has 0 bridgehead atoms. The number of hydrogen-bond donors (Lipinski definition) is 4. The van der Waals surface area contributed by atoms with Crippen molar-refractivity contribution in [2.24, 2.45) is 5.92 Å². The Morgan fingerprint density at radius 3 is 2.87 bits per heavy atom. The van der Waals surface area contributed by atoms with E-state index in [9.17, 15) is 14.7 Å². The molecule has 0 radical (unpaired) electrons. The molecule has 23 heavy (non-hydrogen) atoms. The van der Waals surface area contributed by atoms with Crippen LogP contribution in [0.5, 0.6) is 0 Å². The summed E-state index contributed by atoms with van der Waals surface area (Å²) in [7, 11) is 1.52. The van der Waals surface area contributed by atoms with Crippen LogP contribution < -0.4 is 16.6 Å². The monoisotopic (exact) mass is 324 g/mol. The van der Waals surface area contributed by atoms with Crippen molar-refractivity contribution in [3.05, 3.63) is 16.7 Å². The molecule has 0 spiro atoms. The van der Waals surface area contributed by atoms with Crippen LogP contribution in [-0.4, -0.2) is 50.9 Å². The largest absolute Gasteiger partial charge is 0.478 e. The topological polar surface area (TPSA) is 148 Å². The second kappa shape index (κ2) is 6.34. The number of carboxylic acids is 1. The number of nitrogen functional groups attached to an aromatic ring is 1. The molecular formula is C13H20N6O4. The predicted octanol–water partition coefficient (Wildman–Crippen LogP) is -0.669. The van der Waals surface area contributed by atoms with Crippen LogP contribution in [0.4, 0.5) is 5.95 Å². The summed E-state index contributed by atoms with van der Waals surface area (Å²) in [5.41, 5.74) is 3.64. The van der Waals surface area contributed by atoms with E-state index in [-0.39, 0.29) is 23.0 Å². The Balaban J connectivity index is 2.68. The second-order valence-electron chi connectivity index (χ2n) is 5.38. The van der Waals surface area contributed by atoms with Crippen LogP contribution in [0.15, 0.2) is 11.1 Å². The van der Waals surface area contributed by atoms with Gasteiger partial charge in [-0.05, 0) is 0 Å². The summed E-state index contributed by atoms with van der Waals surface area (Å²) >= 11 is 0. The number of methoxy groups -OCH3 is 1. The Hall–Kier alpha value is -2.46. The average molecular weight is 324 g/mol. The van der Waals surface area contributed by atoms with Crippen molar-refractivity contribution in [2.45, 2.75) is 19.5 Å². The number of nitrogens with one attached hydrogen (secondary N) is 2. The average Bonchev–Trinajstić information content (AvgIpc) is 2.87. The molecule has 2 heterocycles. The molecule has 5 N–H and O–H groups in total. The van der Waals surface area contributed by atoms with Crippen LogP contribution in [0, 0.1) is 5.92 Å². The number of anilines is 1. The fourth-order valence-corrected chi connectivity index (χ4v) is 2.52. The molecule has 10 nitrogen and oxygen atoms in total. The summed E-state index contributed by atoms with van der Waals surface area (Å²) in [6, 6.07) is 0. The molecule has 0 amide bonds. The van der Waals surface area contributed by atoms with Gasteiger partial charge in [0.05, 0.1) is 12.9 Å². The minimum absolute atomic E-state index is 0.0269. The Morgan fingerprint density at radius 1 is 1.61 bits per heavy atom. The maximum absolute atomic E-state index is 12.1. The zero-order chi connectivity index (χ0) is 17.2. The van der Waals surface area contributed by atoms with Gasteiger partial charge in [0.25, 0.3) is 5.56 Å². The fourth-order valence-electron chi connectivity index (χ4n) is 2.52. The molecule has 2 rings (SSSR count). The van der Waals surface area contributed by atoms with Gasteiger partial charge in [-0.2, -0.15) is 4.98 Å². The van der Waals surface area contributed by atoms with Gasteiger partial charge in [0, 0.05) is 19.6 Å². The number of carboxylic acid groups (broad SMARTS) is 1. The van der Waals surface area contributed by atoms with Gasteiger partial charge in [-0.3, -0.25) is 19.7 Å². The number of aromatic amines is 1. The molecule has 2 aromatic rings. The number of carbonyl (C=O) groups is 1. The molecule has 0 aromatic carbocycles. The van der Waals surface area contributed by atoms with E-state index in [1.54, 1.807) is 13.8 Å². The normalized spacial score (nSPS) is 14.3. The number of aromatic nitrogens is 4. The van der Waals surface area contributed by atoms with Crippen LogP contribution in [0.25, 0.3) is 11.2 Å². The Kier molecular flexibility index (Phi) is 4.66. The van der Waals surface area contributed by atoms with Crippen molar-refractivity contribution < 1.29 is 14.6 Å². The lowest BCUT2D eigenvalue weighted by molar-refractivity contribution is -0.152. The molecule has 2 aromatic heterocycles. The fraction of sp³-hybridized carbons (Fsp3) is 0.538. The van der Waals surface area contributed by atoms with E-state index in [0.717, 1.165) is 0 Å². The Morgan fingerprint density at radius 2 is 2.30 bits per heavy atom. The summed E-state index contributed by atoms with van der Waals surface area (Å²) in [6.45, 7) is 4.11. The van der Waals surface area contributed by atoms with E-state index in [1.165, 1.54) is 18.0 Å². The van der Waals surface area contributed by atoms with E-state index in [2.05, 4.69) is 20.3 Å². The lowest BCUT2D eigenvalue weighted by atomic mass is 9.95. The third kappa shape index (κ3) is 2.78. The third-order valence-electron chi connectivity index (χ3n) is 3.67. The molecular weight excluding hydrogens is 304 g/mol. The highest BCUT2D eigenvalue weighted by Gasteiger charge is 2.44. The van der Waals surface area contributed by atoms with Crippen molar-refractivity contribution in [1.29, 1.82) is 0 Å². The zero-order valence-electron chi connectivity index (χ0n) is 13.2. The number of aliphatic carboxylic acids is 1. The molecule has 0 aliphatic heterocycles. The summed E-state index contributed by atoms with van der Waals surface area (Å²) < 4.78 is 6.30. The van der Waals surface area contributed by atoms with Crippen molar-refractivity contribution in [3.63, 3.8) is 0 Å². The number of nitrogens with zero attached hydrogens (tertiary/aromatic N) is 3. The SMILES string of the molecule is COCCN[C@](C(=O)O)(C(C)C)n1cnc2c(=O)[nH]c(N)nc21. The molecule has 0 aliphatic rings. The Bertz CT molecular complexity index is 767. The van der Waals surface area contributed by atoms with E-state index in [0.29, 0.717) is 13.2 Å². The van der Waals surface area contributed by atoms with Gasteiger partial charge in [-0.15, -0.1) is 0 Å². The second-order valence-corrected chi connectivity index (χ2v) is 5.38. The van der Waals surface area contributed by atoms with Gasteiger partial charge in [0.15, 0.2) is 16.8 Å². The first-order chi connectivity index (χ1) is 10.8. The Labute approximate surface area is 131 Å². The summed E-state index contributed by atoms with van der Waals surface area (Å²) in [5.74, 6) is -1.61. The molecule has 0 saturated heterocycles. The first-order valence-corrected chi connectivity index (χ1v) is 7.05. The van der Waals surface area contributed by atoms with Crippen LogP contribution >= 0.6 is 0 Å². The molecule has 126 valence electrons. The van der Waals surface area contributed by atoms with E-state index < -0.39 is 17.2 Å². The van der Waals surface area contributed by atoms with Gasteiger partial charge >= 0.3 is 5.97 Å². The lowest BCUT2D eigenvalue weighted by Crippen LogP contribution is -2.58. The molecule has 1 atom stereocenters. The zero-order valence-corrected chi connectivity index (χ0v) is 13.2. The number of hydrogen-bond acceptors (Lipinski definition) is 7. The van der Waals surface area contributed by atoms with E-state index in [4.69, 9.17) is 10.5 Å². The minimum atomic E-state index is -1.54. The number of nitrogens with two attached hydrogens (primary N) is 1. The van der Waals surface area contributed by atoms with Crippen molar-refractivity contribution >= 4 is 23.1 Å². The maximum atomic E-state index is 12.1. The first kappa shape index (κ1) is 16.9. The van der Waals surface area contributed by atoms with Crippen LogP contribution in [0.1, 0.15) is 13.8 Å². The molecule has 0 fully saturated rings. The van der Waals surface area contributed by atoms with E-state index >= 15 is 0 Å². The molecule has 0 aliphatic carbocycles. The number of imidazole rings is 1. The quantitative estimate of drug-likeness (QED) is 0.490. The molecule has 10 heteroatoms. The predicted molar refractivity (Wildman–Crippen MR) is 82.9 cm³/mol. The van der Waals surface area contributed by atoms with Crippen molar-refractivity contribution in [1.82, 2.24) is 24.8 Å². The van der Waals surface area contributed by atoms with Crippen molar-refractivity contribution in [2.75, 3.05) is 26.0 Å². The smallest absolute Gasteiger partial charge is 0.345 e. The van der Waals surface area contributed by atoms with Crippen LogP contribution in [0.2, 0.25) is 0 Å². The number of H-pyrrole nitrogens is 1. The summed E-state index contributed by atoms with van der Waals surface area (Å²) in [5, 5.41) is 12.8. The number of rotatable bonds is 7. The van der Waals surface area contributed by atoms with Gasteiger partial charge in [0.1, 0.15) is 0 Å². The minimum Gasteiger partial charge on any atom is -0.478 e. The number of ether oxygens (including phenoxy) is 1. The van der Waals surface area contributed by atoms with Crippen LogP contribution in [0.3, 0.4) is 0 Å². The molecule has 0 saturated carbocycles. The van der Waals surface area contributed by atoms with Gasteiger partial charge in [0.2, 0.25) is 5.95 Å². The highest BCUT2D eigenvalue weighted by molar-refractivity contribution is 5.80. The number of fused-ring (bicyclic) bond motifs is 1. The van der Waals surface area contributed by atoms with Gasteiger partial charge in [-0.1, -0.05) is 13.8 Å². The highest BCUT2D eigenvalue weighted by Crippen LogP contribution is 2.27. The summed E-state index contributed by atoms with van der Waals surface area (Å²) in [6.07, 6.45) is 1.28. The maximum Gasteiger partial charge on any atom is 0.345 e. The van der Waals surface area contributed by atoms with Crippen molar-refractivity contribution in [3.8, 4) is 0 Å².